The topological polar surface area (TPSA) is 76.9 Å². The molecule has 1 aromatic carbocycles. The first-order valence-electron chi connectivity index (χ1n) is 11.0. The molecule has 0 unspecified atom stereocenters. The largest absolute Gasteiger partial charge is 0.302 e. The van der Waals surface area contributed by atoms with Gasteiger partial charge in [-0.2, -0.15) is 0 Å². The summed E-state index contributed by atoms with van der Waals surface area (Å²) in [6, 6.07) is 10.2. The van der Waals surface area contributed by atoms with Gasteiger partial charge in [-0.3, -0.25) is 14.2 Å². The van der Waals surface area contributed by atoms with Crippen LogP contribution in [-0.4, -0.2) is 20.4 Å². The number of aryl methyl sites for hydroxylation is 3. The Hall–Kier alpha value is -2.49. The van der Waals surface area contributed by atoms with Gasteiger partial charge in [0.05, 0.1) is 11.1 Å². The molecule has 5 rings (SSSR count). The number of thioether (sulfide) groups is 1. The number of hydrogen-bond acceptors (Lipinski definition) is 7. The summed E-state index contributed by atoms with van der Waals surface area (Å²) in [6.45, 7) is 2.06. The summed E-state index contributed by atoms with van der Waals surface area (Å²) in [5, 5.41) is 6.81. The van der Waals surface area contributed by atoms with Crippen LogP contribution < -0.4 is 10.9 Å². The van der Waals surface area contributed by atoms with Gasteiger partial charge in [0.25, 0.3) is 5.56 Å². The molecule has 9 heteroatoms. The van der Waals surface area contributed by atoms with E-state index in [1.165, 1.54) is 52.4 Å². The minimum atomic E-state index is -0.132. The average Bonchev–Trinajstić information content (AvgIpc) is 3.41. The Bertz CT molecular complexity index is 1360. The maximum Gasteiger partial charge on any atom is 0.263 e. The van der Waals surface area contributed by atoms with Crippen molar-refractivity contribution in [3.05, 3.63) is 67.8 Å². The number of nitrogens with one attached hydrogen (secondary N) is 1. The third kappa shape index (κ3) is 4.90. The molecule has 1 aliphatic carbocycles. The number of carbonyl (C=O) groups excluding carboxylic acids is 1. The van der Waals surface area contributed by atoms with Crippen molar-refractivity contribution >= 4 is 55.7 Å². The number of anilines is 1. The summed E-state index contributed by atoms with van der Waals surface area (Å²) >= 11 is 4.62. The fraction of sp³-hybridized carbons (Fsp3) is 0.333. The van der Waals surface area contributed by atoms with E-state index >= 15 is 0 Å². The van der Waals surface area contributed by atoms with E-state index in [1.807, 2.05) is 28.1 Å². The fourth-order valence-electron chi connectivity index (χ4n) is 4.13. The zero-order valence-corrected chi connectivity index (χ0v) is 20.7. The molecule has 3 heterocycles. The first kappa shape index (κ1) is 22.3. The van der Waals surface area contributed by atoms with Crippen molar-refractivity contribution < 1.29 is 4.79 Å². The maximum absolute atomic E-state index is 13.7. The summed E-state index contributed by atoms with van der Waals surface area (Å²) in [4.78, 5) is 36.6. The van der Waals surface area contributed by atoms with Crippen LogP contribution in [0.2, 0.25) is 0 Å². The Balaban J connectivity index is 1.47. The second kappa shape index (κ2) is 9.79. The van der Waals surface area contributed by atoms with Crippen molar-refractivity contribution in [3.8, 4) is 0 Å². The second-order valence-corrected chi connectivity index (χ2v) is 11.0. The zero-order valence-electron chi connectivity index (χ0n) is 18.3. The molecule has 6 nitrogen and oxygen atoms in total. The van der Waals surface area contributed by atoms with Crippen LogP contribution in [0.4, 0.5) is 5.13 Å². The zero-order chi connectivity index (χ0) is 22.8. The first-order valence-corrected chi connectivity index (χ1v) is 13.7. The molecule has 0 bridgehead atoms. The van der Waals surface area contributed by atoms with E-state index in [9.17, 15) is 9.59 Å². The number of hydrogen-bond donors (Lipinski definition) is 1. The second-order valence-electron chi connectivity index (χ2n) is 8.09. The van der Waals surface area contributed by atoms with Crippen molar-refractivity contribution in [1.82, 2.24) is 14.5 Å². The van der Waals surface area contributed by atoms with Crippen molar-refractivity contribution in [2.75, 3.05) is 5.32 Å². The monoisotopic (exact) mass is 496 g/mol. The smallest absolute Gasteiger partial charge is 0.263 e. The van der Waals surface area contributed by atoms with Crippen molar-refractivity contribution in [2.45, 2.75) is 56.5 Å². The lowest BCUT2D eigenvalue weighted by Gasteiger charge is -2.13. The normalized spacial score (nSPS) is 13.2. The van der Waals surface area contributed by atoms with Crippen LogP contribution in [0.1, 0.15) is 41.5 Å². The molecule has 3 aromatic heterocycles. The summed E-state index contributed by atoms with van der Waals surface area (Å²) in [5.41, 5.74) is 3.37. The van der Waals surface area contributed by atoms with Crippen molar-refractivity contribution in [1.29, 1.82) is 0 Å². The molecule has 0 saturated heterocycles. The first-order chi connectivity index (χ1) is 16.1. The quantitative estimate of drug-likeness (QED) is 0.278. The minimum Gasteiger partial charge on any atom is -0.302 e. The summed E-state index contributed by atoms with van der Waals surface area (Å²) in [5.74, 6) is 0.455. The van der Waals surface area contributed by atoms with Crippen LogP contribution in [0, 0.1) is 0 Å². The number of benzene rings is 1. The van der Waals surface area contributed by atoms with E-state index in [0.29, 0.717) is 17.4 Å². The van der Waals surface area contributed by atoms with Gasteiger partial charge in [-0.05, 0) is 43.2 Å². The molecule has 0 fully saturated rings. The van der Waals surface area contributed by atoms with E-state index in [4.69, 9.17) is 4.98 Å². The Labute approximate surface area is 204 Å². The lowest BCUT2D eigenvalue weighted by molar-refractivity contribution is -0.114. The fourth-order valence-corrected chi connectivity index (χ4v) is 7.21. The van der Waals surface area contributed by atoms with Gasteiger partial charge in [-0.25, -0.2) is 9.97 Å². The molecule has 1 N–H and O–H groups in total. The molecule has 4 aromatic rings. The van der Waals surface area contributed by atoms with Crippen LogP contribution in [0.25, 0.3) is 10.2 Å². The number of thiophene rings is 1. The van der Waals surface area contributed by atoms with E-state index in [1.54, 1.807) is 11.3 Å². The molecule has 33 heavy (non-hydrogen) atoms. The van der Waals surface area contributed by atoms with Gasteiger partial charge in [0, 0.05) is 29.5 Å². The summed E-state index contributed by atoms with van der Waals surface area (Å²) in [7, 11) is 0. The van der Waals surface area contributed by atoms with Crippen LogP contribution in [0.5, 0.6) is 0 Å². The summed E-state index contributed by atoms with van der Waals surface area (Å²) < 4.78 is 1.85. The molecule has 1 amide bonds. The van der Waals surface area contributed by atoms with Crippen LogP contribution in [0.15, 0.2) is 45.7 Å². The van der Waals surface area contributed by atoms with Crippen LogP contribution in [-0.2, 0) is 36.4 Å². The van der Waals surface area contributed by atoms with Gasteiger partial charge in [-0.15, -0.1) is 22.7 Å². The number of amides is 1. The third-order valence-electron chi connectivity index (χ3n) is 5.69. The molecule has 0 aliphatic heterocycles. The van der Waals surface area contributed by atoms with Crippen molar-refractivity contribution in [2.24, 2.45) is 0 Å². The van der Waals surface area contributed by atoms with E-state index < -0.39 is 0 Å². The van der Waals surface area contributed by atoms with Gasteiger partial charge >= 0.3 is 0 Å². The van der Waals surface area contributed by atoms with E-state index in [0.717, 1.165) is 46.8 Å². The molecular formula is C24H24N4O2S3. The highest BCUT2D eigenvalue weighted by molar-refractivity contribution is 7.98. The molecule has 0 saturated carbocycles. The van der Waals surface area contributed by atoms with Gasteiger partial charge < -0.3 is 5.32 Å². The minimum absolute atomic E-state index is 0.0787. The Morgan fingerprint density at radius 1 is 1.18 bits per heavy atom. The van der Waals surface area contributed by atoms with Gasteiger partial charge in [0.1, 0.15) is 4.83 Å². The molecule has 0 radical (unpaired) electrons. The number of fused-ring (bicyclic) bond motifs is 3. The standard InChI is InChI=1S/C24H24N4O2S3/c1-15(29)25-23-26-17(13-31-23)14-32-24-27-21-20(18-9-5-6-10-19(18)33-21)22(30)28(24)12-11-16-7-3-2-4-8-16/h2-4,7-8,13H,5-6,9-12,14H2,1H3,(H,25,26,29). The predicted octanol–water partition coefficient (Wildman–Crippen LogP) is 5.29. The van der Waals surface area contributed by atoms with Gasteiger partial charge in [0.15, 0.2) is 10.3 Å². The number of carbonyl (C=O) groups is 1. The van der Waals surface area contributed by atoms with Crippen molar-refractivity contribution in [3.63, 3.8) is 0 Å². The number of aromatic nitrogens is 3. The van der Waals surface area contributed by atoms with E-state index in [-0.39, 0.29) is 11.5 Å². The highest BCUT2D eigenvalue weighted by atomic mass is 32.2. The SMILES string of the molecule is CC(=O)Nc1nc(CSc2nc3sc4c(c3c(=O)n2CCc2ccccc2)CCCC4)cs1. The van der Waals surface area contributed by atoms with E-state index in [2.05, 4.69) is 22.4 Å². The number of rotatable bonds is 7. The molecule has 1 aliphatic rings. The average molecular weight is 497 g/mol. The number of thiazole rings is 1. The lowest BCUT2D eigenvalue weighted by atomic mass is 9.97. The Morgan fingerprint density at radius 2 is 2.00 bits per heavy atom. The molecule has 0 spiro atoms. The van der Waals surface area contributed by atoms with Gasteiger partial charge in [-0.1, -0.05) is 42.1 Å². The summed E-state index contributed by atoms with van der Waals surface area (Å²) in [6.07, 6.45) is 5.12. The Kier molecular flexibility index (Phi) is 6.62. The predicted molar refractivity (Wildman–Crippen MR) is 137 cm³/mol. The highest BCUT2D eigenvalue weighted by Crippen LogP contribution is 2.35. The lowest BCUT2D eigenvalue weighted by Crippen LogP contribution is -2.24. The highest BCUT2D eigenvalue weighted by Gasteiger charge is 2.22. The molecule has 0 atom stereocenters. The molecular weight excluding hydrogens is 472 g/mol. The van der Waals surface area contributed by atoms with Crippen LogP contribution in [0.3, 0.4) is 0 Å². The number of nitrogens with zero attached hydrogens (tertiary/aromatic N) is 3. The Morgan fingerprint density at radius 3 is 2.82 bits per heavy atom. The van der Waals surface area contributed by atoms with Crippen LogP contribution >= 0.6 is 34.4 Å². The molecule has 170 valence electrons. The maximum atomic E-state index is 13.7. The van der Waals surface area contributed by atoms with Gasteiger partial charge in [0.2, 0.25) is 5.91 Å². The third-order valence-corrected chi connectivity index (χ3v) is 8.69.